The van der Waals surface area contributed by atoms with Crippen LogP contribution in [0.25, 0.3) is 11.3 Å². The van der Waals surface area contributed by atoms with Crippen LogP contribution in [-0.4, -0.2) is 33.0 Å². The Morgan fingerprint density at radius 3 is 2.15 bits per heavy atom. The zero-order valence-corrected chi connectivity index (χ0v) is 13.4. The first-order valence-electron chi connectivity index (χ1n) is 7.67. The van der Waals surface area contributed by atoms with Crippen molar-refractivity contribution in [1.82, 2.24) is 15.3 Å². The average Bonchev–Trinajstić information content (AvgIpc) is 3.22. The molecular weight excluding hydrogens is 360 g/mol. The number of aromatic nitrogens is 2. The van der Waals surface area contributed by atoms with Crippen LogP contribution < -0.4 is 0 Å². The quantitative estimate of drug-likeness (QED) is 0.717. The highest BCUT2D eigenvalue weighted by molar-refractivity contribution is 6.21. The molecule has 3 aromatic rings. The van der Waals surface area contributed by atoms with Crippen molar-refractivity contribution in [3.63, 3.8) is 0 Å². The minimum Gasteiger partial charge on any atom is -0.324 e. The highest BCUT2D eigenvalue weighted by atomic mass is 19.1. The number of hydroxylamine groups is 2. The first-order valence-corrected chi connectivity index (χ1v) is 7.67. The highest BCUT2D eigenvalue weighted by Gasteiger charge is 2.39. The van der Waals surface area contributed by atoms with Gasteiger partial charge in [0.25, 0.3) is 11.8 Å². The summed E-state index contributed by atoms with van der Waals surface area (Å²) in [6, 6.07) is 9.15. The van der Waals surface area contributed by atoms with Crippen LogP contribution in [0.5, 0.6) is 0 Å². The van der Waals surface area contributed by atoms with Gasteiger partial charge in [0, 0.05) is 0 Å². The molecule has 0 atom stereocenters. The van der Waals surface area contributed by atoms with Crippen LogP contribution in [0.2, 0.25) is 0 Å². The summed E-state index contributed by atoms with van der Waals surface area (Å²) in [4.78, 5) is 41.9. The standard InChI is InChI=1S/C18H9F2N3O4/c19-12-6-3-7-13(20)14(12)15-11(8-21-22-15)18(26)27-23-16(24)9-4-1-2-5-10(9)17(23)25/h1-8H,(H,21,22). The second kappa shape index (κ2) is 6.13. The Morgan fingerprint density at radius 1 is 0.963 bits per heavy atom. The number of fused-ring (bicyclic) bond motifs is 1. The van der Waals surface area contributed by atoms with E-state index in [-0.39, 0.29) is 22.4 Å². The van der Waals surface area contributed by atoms with E-state index in [0.717, 1.165) is 18.3 Å². The van der Waals surface area contributed by atoms with Crippen molar-refractivity contribution in [2.75, 3.05) is 0 Å². The van der Waals surface area contributed by atoms with Gasteiger partial charge >= 0.3 is 5.97 Å². The minimum atomic E-state index is -1.17. The van der Waals surface area contributed by atoms with Gasteiger partial charge in [-0.15, -0.1) is 0 Å². The van der Waals surface area contributed by atoms with Gasteiger partial charge in [0.15, 0.2) is 0 Å². The normalized spacial score (nSPS) is 13.0. The maximum absolute atomic E-state index is 14.0. The van der Waals surface area contributed by atoms with Gasteiger partial charge in [-0.3, -0.25) is 14.7 Å². The first-order chi connectivity index (χ1) is 13.0. The molecule has 2 aromatic carbocycles. The molecule has 1 N–H and O–H groups in total. The van der Waals surface area contributed by atoms with E-state index in [1.165, 1.54) is 18.2 Å². The van der Waals surface area contributed by atoms with E-state index in [1.54, 1.807) is 12.1 Å². The van der Waals surface area contributed by atoms with Crippen molar-refractivity contribution in [3.8, 4) is 11.3 Å². The topological polar surface area (TPSA) is 92.4 Å². The molecule has 0 fully saturated rings. The fourth-order valence-corrected chi connectivity index (χ4v) is 2.75. The molecule has 0 aliphatic carbocycles. The van der Waals surface area contributed by atoms with Crippen LogP contribution in [0.3, 0.4) is 0 Å². The number of hydrogen-bond acceptors (Lipinski definition) is 5. The van der Waals surface area contributed by atoms with Crippen molar-refractivity contribution in [2.24, 2.45) is 0 Å². The second-order valence-electron chi connectivity index (χ2n) is 5.58. The van der Waals surface area contributed by atoms with Crippen LogP contribution in [0.15, 0.2) is 48.7 Å². The van der Waals surface area contributed by atoms with Crippen LogP contribution in [0.4, 0.5) is 8.78 Å². The van der Waals surface area contributed by atoms with Crippen molar-refractivity contribution >= 4 is 17.8 Å². The van der Waals surface area contributed by atoms with Crippen LogP contribution in [0, 0.1) is 11.6 Å². The molecule has 4 rings (SSSR count). The maximum atomic E-state index is 14.0. The molecule has 1 aliphatic rings. The third-order valence-corrected chi connectivity index (χ3v) is 4.00. The second-order valence-corrected chi connectivity index (χ2v) is 5.58. The van der Waals surface area contributed by atoms with Gasteiger partial charge < -0.3 is 4.84 Å². The first kappa shape index (κ1) is 16.6. The lowest BCUT2D eigenvalue weighted by molar-refractivity contribution is -0.0584. The molecule has 0 spiro atoms. The molecule has 0 bridgehead atoms. The molecule has 1 aliphatic heterocycles. The molecule has 0 unspecified atom stereocenters. The highest BCUT2D eigenvalue weighted by Crippen LogP contribution is 2.29. The predicted octanol–water partition coefficient (Wildman–Crippen LogP) is 2.72. The van der Waals surface area contributed by atoms with Crippen molar-refractivity contribution < 1.29 is 28.0 Å². The SMILES string of the molecule is O=C(ON1C(=O)c2ccccc2C1=O)c1cn[nH]c1-c1c(F)cccc1F. The molecule has 7 nitrogen and oxygen atoms in total. The number of rotatable bonds is 3. The van der Waals surface area contributed by atoms with Crippen molar-refractivity contribution in [2.45, 2.75) is 0 Å². The molecule has 134 valence electrons. The van der Waals surface area contributed by atoms with E-state index in [1.807, 2.05) is 0 Å². The molecule has 0 saturated carbocycles. The summed E-state index contributed by atoms with van der Waals surface area (Å²) in [6.45, 7) is 0. The lowest BCUT2D eigenvalue weighted by Crippen LogP contribution is -2.32. The van der Waals surface area contributed by atoms with Gasteiger partial charge in [-0.2, -0.15) is 5.10 Å². The summed E-state index contributed by atoms with van der Waals surface area (Å²) in [5.74, 6) is -4.64. The van der Waals surface area contributed by atoms with E-state index in [4.69, 9.17) is 4.84 Å². The number of H-pyrrole nitrogens is 1. The van der Waals surface area contributed by atoms with Gasteiger partial charge in [0.05, 0.1) is 28.6 Å². The molecule has 1 aromatic heterocycles. The van der Waals surface area contributed by atoms with E-state index >= 15 is 0 Å². The molecule has 9 heteroatoms. The summed E-state index contributed by atoms with van der Waals surface area (Å²) >= 11 is 0. The third kappa shape index (κ3) is 2.56. The Bertz CT molecular complexity index is 1050. The summed E-state index contributed by atoms with van der Waals surface area (Å²) in [6.07, 6.45) is 0.988. The zero-order valence-electron chi connectivity index (χ0n) is 13.4. The van der Waals surface area contributed by atoms with Crippen molar-refractivity contribution in [1.29, 1.82) is 0 Å². The average molecular weight is 369 g/mol. The largest absolute Gasteiger partial charge is 0.367 e. The Kier molecular flexibility index (Phi) is 3.76. The van der Waals surface area contributed by atoms with E-state index < -0.39 is 35.0 Å². The summed E-state index contributed by atoms with van der Waals surface area (Å²) in [5.41, 5.74) is -0.946. The van der Waals surface area contributed by atoms with E-state index in [9.17, 15) is 23.2 Å². The zero-order chi connectivity index (χ0) is 19.1. The number of benzene rings is 2. The number of carbonyl (C=O) groups is 3. The monoisotopic (exact) mass is 369 g/mol. The Balaban J connectivity index is 1.66. The number of aromatic amines is 1. The number of imide groups is 1. The number of nitrogens with one attached hydrogen (secondary N) is 1. The summed E-state index contributed by atoms with van der Waals surface area (Å²) in [7, 11) is 0. The van der Waals surface area contributed by atoms with Gasteiger partial charge in [-0.1, -0.05) is 23.3 Å². The number of amides is 2. The number of carbonyl (C=O) groups excluding carboxylic acids is 3. The lowest BCUT2D eigenvalue weighted by atomic mass is 10.1. The Morgan fingerprint density at radius 2 is 1.56 bits per heavy atom. The maximum Gasteiger partial charge on any atom is 0.367 e. The Hall–Kier alpha value is -3.88. The van der Waals surface area contributed by atoms with E-state index in [0.29, 0.717) is 5.06 Å². The van der Waals surface area contributed by atoms with Gasteiger partial charge in [-0.05, 0) is 24.3 Å². The van der Waals surface area contributed by atoms with Gasteiger partial charge in [-0.25, -0.2) is 13.6 Å². The number of halogens is 2. The summed E-state index contributed by atoms with van der Waals surface area (Å²) < 4.78 is 28.0. The number of hydrogen-bond donors (Lipinski definition) is 1. The van der Waals surface area contributed by atoms with Gasteiger partial charge in [0.1, 0.15) is 17.2 Å². The molecule has 2 heterocycles. The lowest BCUT2D eigenvalue weighted by Gasteiger charge is -2.13. The molecule has 0 saturated heterocycles. The van der Waals surface area contributed by atoms with E-state index in [2.05, 4.69) is 10.2 Å². The smallest absolute Gasteiger partial charge is 0.324 e. The number of nitrogens with zero attached hydrogens (tertiary/aromatic N) is 2. The molecule has 2 amide bonds. The van der Waals surface area contributed by atoms with Gasteiger partial charge in [0.2, 0.25) is 0 Å². The molecule has 0 radical (unpaired) electrons. The van der Waals surface area contributed by atoms with Crippen molar-refractivity contribution in [3.05, 3.63) is 77.0 Å². The summed E-state index contributed by atoms with van der Waals surface area (Å²) in [5, 5.41) is 6.24. The minimum absolute atomic E-state index is 0.0860. The van der Waals surface area contributed by atoms with Crippen LogP contribution in [-0.2, 0) is 4.84 Å². The predicted molar refractivity (Wildman–Crippen MR) is 86.3 cm³/mol. The fraction of sp³-hybridized carbons (Fsp3) is 0. The van der Waals surface area contributed by atoms with Crippen LogP contribution in [0.1, 0.15) is 31.1 Å². The van der Waals surface area contributed by atoms with Crippen LogP contribution >= 0.6 is 0 Å². The third-order valence-electron chi connectivity index (χ3n) is 4.00. The molecule has 27 heavy (non-hydrogen) atoms. The fourth-order valence-electron chi connectivity index (χ4n) is 2.75. The molecular formula is C18H9F2N3O4. The Labute approximate surface area is 150 Å².